The molecule has 4 rings (SSSR count). The van der Waals surface area contributed by atoms with Crippen LogP contribution in [0.1, 0.15) is 43.7 Å². The standard InChI is InChI=1S/C18H24FN7O/c19-18(7-2-8-26(10-18)11-20)17(27)22-16-6-5-15(24-25-16)12-3-1-4-14-13(12)9-21-23-14/h5-6,12-14,21,23H,1-4,7-10H2,(H,22,25,27)/t12?,13?,14?,18-/m1/s1. The van der Waals surface area contributed by atoms with Gasteiger partial charge in [-0.2, -0.15) is 10.4 Å². The van der Waals surface area contributed by atoms with Crippen LogP contribution < -0.4 is 16.2 Å². The van der Waals surface area contributed by atoms with Crippen molar-refractivity contribution in [1.29, 1.82) is 5.26 Å². The summed E-state index contributed by atoms with van der Waals surface area (Å²) in [6, 6.07) is 4.03. The normalized spacial score (nSPS) is 33.2. The Labute approximate surface area is 157 Å². The van der Waals surface area contributed by atoms with E-state index in [0.717, 1.165) is 31.5 Å². The third-order valence-electron chi connectivity index (χ3n) is 5.99. The van der Waals surface area contributed by atoms with Crippen molar-refractivity contribution in [3.63, 3.8) is 0 Å². The van der Waals surface area contributed by atoms with Gasteiger partial charge in [0.15, 0.2) is 12.0 Å². The second kappa shape index (κ2) is 7.37. The molecule has 0 aromatic carbocycles. The molecule has 1 aromatic heterocycles. The molecule has 2 saturated heterocycles. The van der Waals surface area contributed by atoms with Crippen LogP contribution in [-0.2, 0) is 4.79 Å². The maximum Gasteiger partial charge on any atom is 0.265 e. The summed E-state index contributed by atoms with van der Waals surface area (Å²) in [4.78, 5) is 13.7. The van der Waals surface area contributed by atoms with Gasteiger partial charge in [-0.25, -0.2) is 4.39 Å². The number of hydrazine groups is 1. The number of anilines is 1. The lowest BCUT2D eigenvalue weighted by atomic mass is 9.75. The number of hydrogen-bond donors (Lipinski definition) is 3. The van der Waals surface area contributed by atoms with E-state index in [9.17, 15) is 9.18 Å². The first-order chi connectivity index (χ1) is 13.1. The van der Waals surface area contributed by atoms with E-state index >= 15 is 0 Å². The number of alkyl halides is 1. The van der Waals surface area contributed by atoms with Gasteiger partial charge in [-0.05, 0) is 43.7 Å². The van der Waals surface area contributed by atoms with Gasteiger partial charge in [0.05, 0.1) is 12.2 Å². The number of nitriles is 1. The number of carbonyl (C=O) groups is 1. The first-order valence-electron chi connectivity index (χ1n) is 9.56. The highest BCUT2D eigenvalue weighted by Crippen LogP contribution is 2.38. The van der Waals surface area contributed by atoms with E-state index in [2.05, 4.69) is 26.4 Å². The third-order valence-corrected chi connectivity index (χ3v) is 5.99. The molecule has 0 spiro atoms. The van der Waals surface area contributed by atoms with Gasteiger partial charge in [0, 0.05) is 25.0 Å². The number of halogens is 1. The van der Waals surface area contributed by atoms with Crippen molar-refractivity contribution in [2.75, 3.05) is 25.0 Å². The molecule has 3 aliphatic rings. The largest absolute Gasteiger partial charge is 0.307 e. The summed E-state index contributed by atoms with van der Waals surface area (Å²) in [5.74, 6) is 0.302. The zero-order chi connectivity index (χ0) is 18.9. The van der Waals surface area contributed by atoms with E-state index in [1.807, 2.05) is 12.3 Å². The van der Waals surface area contributed by atoms with Crippen LogP contribution in [0, 0.1) is 17.4 Å². The molecule has 0 bridgehead atoms. The van der Waals surface area contributed by atoms with Gasteiger partial charge in [-0.15, -0.1) is 5.10 Å². The van der Waals surface area contributed by atoms with Gasteiger partial charge in [0.2, 0.25) is 5.67 Å². The number of hydrogen-bond acceptors (Lipinski definition) is 7. The summed E-state index contributed by atoms with van der Waals surface area (Å²) in [7, 11) is 0. The molecule has 1 aromatic rings. The Hall–Kier alpha value is -2.31. The van der Waals surface area contributed by atoms with Crippen molar-refractivity contribution in [3.8, 4) is 6.19 Å². The molecule has 4 atom stereocenters. The molecule has 0 radical (unpaired) electrons. The smallest absolute Gasteiger partial charge is 0.265 e. The molecule has 9 heteroatoms. The zero-order valence-corrected chi connectivity index (χ0v) is 15.1. The number of likely N-dealkylation sites (tertiary alicyclic amines) is 1. The van der Waals surface area contributed by atoms with Crippen LogP contribution in [0.5, 0.6) is 0 Å². The number of carbonyl (C=O) groups excluding carboxylic acids is 1. The van der Waals surface area contributed by atoms with Gasteiger partial charge in [-0.3, -0.25) is 15.6 Å². The van der Waals surface area contributed by atoms with E-state index in [0.29, 0.717) is 30.8 Å². The number of fused-ring (bicyclic) bond motifs is 1. The van der Waals surface area contributed by atoms with Crippen molar-refractivity contribution in [1.82, 2.24) is 25.9 Å². The molecule has 1 saturated carbocycles. The van der Waals surface area contributed by atoms with Crippen LogP contribution in [0.25, 0.3) is 0 Å². The lowest BCUT2D eigenvalue weighted by Crippen LogP contribution is -2.51. The highest BCUT2D eigenvalue weighted by molar-refractivity contribution is 5.96. The molecule has 1 aliphatic carbocycles. The molecule has 3 unspecified atom stereocenters. The van der Waals surface area contributed by atoms with Crippen LogP contribution in [0.4, 0.5) is 10.2 Å². The van der Waals surface area contributed by atoms with Gasteiger partial charge in [-0.1, -0.05) is 6.42 Å². The SMILES string of the molecule is N#CN1CCC[C@](F)(C(=O)Nc2ccc(C3CCCC4NNCC43)nn2)C1. The van der Waals surface area contributed by atoms with Crippen LogP contribution in [0.15, 0.2) is 12.1 Å². The summed E-state index contributed by atoms with van der Waals surface area (Å²) >= 11 is 0. The Morgan fingerprint density at radius 1 is 1.37 bits per heavy atom. The number of amides is 1. The quantitative estimate of drug-likeness (QED) is 0.680. The van der Waals surface area contributed by atoms with Gasteiger partial charge in [0.1, 0.15) is 0 Å². The Bertz CT molecular complexity index is 736. The van der Waals surface area contributed by atoms with Crippen LogP contribution in [0.2, 0.25) is 0 Å². The topological polar surface area (TPSA) is 106 Å². The first kappa shape index (κ1) is 18.1. The summed E-state index contributed by atoms with van der Waals surface area (Å²) < 4.78 is 14.9. The highest BCUT2D eigenvalue weighted by Gasteiger charge is 2.43. The number of aromatic nitrogens is 2. The number of nitrogens with zero attached hydrogens (tertiary/aromatic N) is 4. The molecule has 27 heavy (non-hydrogen) atoms. The minimum absolute atomic E-state index is 0.105. The third kappa shape index (κ3) is 3.59. The Morgan fingerprint density at radius 3 is 3.04 bits per heavy atom. The zero-order valence-electron chi connectivity index (χ0n) is 15.1. The second-order valence-corrected chi connectivity index (χ2v) is 7.72. The fraction of sp³-hybridized carbons (Fsp3) is 0.667. The maximum absolute atomic E-state index is 14.9. The maximum atomic E-state index is 14.9. The lowest BCUT2D eigenvalue weighted by Gasteiger charge is -2.33. The van der Waals surface area contributed by atoms with Crippen LogP contribution in [0.3, 0.4) is 0 Å². The van der Waals surface area contributed by atoms with E-state index in [-0.39, 0.29) is 18.8 Å². The average molecular weight is 373 g/mol. The van der Waals surface area contributed by atoms with Crippen molar-refractivity contribution >= 4 is 11.7 Å². The predicted octanol–water partition coefficient (Wildman–Crippen LogP) is 1.06. The summed E-state index contributed by atoms with van der Waals surface area (Å²) in [5, 5.41) is 19.9. The van der Waals surface area contributed by atoms with Gasteiger partial charge in [0.25, 0.3) is 5.91 Å². The summed E-state index contributed by atoms with van der Waals surface area (Å²) in [6.45, 7) is 1.18. The van der Waals surface area contributed by atoms with E-state index < -0.39 is 11.6 Å². The Kier molecular flexibility index (Phi) is 4.93. The average Bonchev–Trinajstić information content (AvgIpc) is 3.17. The molecule has 3 fully saturated rings. The molecular formula is C18H24FN7O. The fourth-order valence-corrected chi connectivity index (χ4v) is 4.52. The van der Waals surface area contributed by atoms with Crippen molar-refractivity contribution < 1.29 is 9.18 Å². The van der Waals surface area contributed by atoms with Crippen molar-refractivity contribution in [2.45, 2.75) is 49.7 Å². The van der Waals surface area contributed by atoms with Gasteiger partial charge < -0.3 is 10.2 Å². The number of piperidine rings is 1. The minimum atomic E-state index is -2.08. The van der Waals surface area contributed by atoms with Crippen molar-refractivity contribution in [3.05, 3.63) is 17.8 Å². The Morgan fingerprint density at radius 2 is 2.26 bits per heavy atom. The van der Waals surface area contributed by atoms with Gasteiger partial charge >= 0.3 is 0 Å². The molecule has 8 nitrogen and oxygen atoms in total. The monoisotopic (exact) mass is 373 g/mol. The minimum Gasteiger partial charge on any atom is -0.307 e. The molecule has 3 N–H and O–H groups in total. The van der Waals surface area contributed by atoms with Crippen LogP contribution >= 0.6 is 0 Å². The van der Waals surface area contributed by atoms with Crippen molar-refractivity contribution in [2.24, 2.45) is 5.92 Å². The highest BCUT2D eigenvalue weighted by atomic mass is 19.1. The Balaban J connectivity index is 1.42. The summed E-state index contributed by atoms with van der Waals surface area (Å²) in [6.07, 6.45) is 5.86. The molecular weight excluding hydrogens is 349 g/mol. The van der Waals surface area contributed by atoms with E-state index in [1.165, 1.54) is 4.90 Å². The number of nitrogens with one attached hydrogen (secondary N) is 3. The lowest BCUT2D eigenvalue weighted by molar-refractivity contribution is -0.130. The first-order valence-corrected chi connectivity index (χ1v) is 9.56. The molecule has 144 valence electrons. The fourth-order valence-electron chi connectivity index (χ4n) is 4.52. The summed E-state index contributed by atoms with van der Waals surface area (Å²) in [5.41, 5.74) is 5.38. The second-order valence-electron chi connectivity index (χ2n) is 7.72. The van der Waals surface area contributed by atoms with E-state index in [1.54, 1.807) is 6.07 Å². The van der Waals surface area contributed by atoms with E-state index in [4.69, 9.17) is 5.26 Å². The predicted molar refractivity (Wildman–Crippen MR) is 95.9 cm³/mol. The van der Waals surface area contributed by atoms with Crippen LogP contribution in [-0.4, -0.2) is 52.3 Å². The number of rotatable bonds is 3. The molecule has 2 aliphatic heterocycles. The molecule has 1 amide bonds. The molecule has 3 heterocycles.